The molecule has 3 atom stereocenters. The van der Waals surface area contributed by atoms with Crippen molar-refractivity contribution >= 4 is 11.8 Å². The van der Waals surface area contributed by atoms with Gasteiger partial charge in [-0.05, 0) is 68.4 Å². The summed E-state index contributed by atoms with van der Waals surface area (Å²) < 4.78 is 0. The molecule has 28 heavy (non-hydrogen) atoms. The largest absolute Gasteiger partial charge is 0.331 e. The lowest BCUT2D eigenvalue weighted by atomic mass is 9.81. The Kier molecular flexibility index (Phi) is 5.66. The highest BCUT2D eigenvalue weighted by Gasteiger charge is 2.40. The van der Waals surface area contributed by atoms with Crippen LogP contribution in [0.3, 0.4) is 0 Å². The van der Waals surface area contributed by atoms with E-state index in [1.165, 1.54) is 11.1 Å². The van der Waals surface area contributed by atoms with Crippen molar-refractivity contribution < 1.29 is 9.59 Å². The second-order valence-corrected chi connectivity index (χ2v) is 8.48. The van der Waals surface area contributed by atoms with Crippen LogP contribution in [0.5, 0.6) is 0 Å². The van der Waals surface area contributed by atoms with E-state index >= 15 is 0 Å². The Bertz CT molecular complexity index is 784. The molecule has 5 heteroatoms. The first-order valence-corrected chi connectivity index (χ1v) is 10.7. The molecule has 0 unspecified atom stereocenters. The fourth-order valence-corrected chi connectivity index (χ4v) is 5.17. The number of nitriles is 1. The maximum atomic E-state index is 13.0. The average Bonchev–Trinajstić information content (AvgIpc) is 3.40. The molecular weight excluding hydrogens is 350 g/mol. The monoisotopic (exact) mass is 379 g/mol. The quantitative estimate of drug-likeness (QED) is 0.808. The van der Waals surface area contributed by atoms with E-state index in [9.17, 15) is 14.9 Å². The first-order valence-electron chi connectivity index (χ1n) is 10.7. The van der Waals surface area contributed by atoms with Gasteiger partial charge in [-0.3, -0.25) is 9.59 Å². The number of aryl methyl sites for hydroxylation is 1. The zero-order valence-corrected chi connectivity index (χ0v) is 16.5. The molecule has 2 saturated heterocycles. The number of nitrogens with zero attached hydrogens (tertiary/aromatic N) is 3. The van der Waals surface area contributed by atoms with E-state index in [-0.39, 0.29) is 23.9 Å². The molecule has 0 spiro atoms. The fourth-order valence-electron chi connectivity index (χ4n) is 5.17. The van der Waals surface area contributed by atoms with E-state index in [0.29, 0.717) is 25.4 Å². The van der Waals surface area contributed by atoms with Gasteiger partial charge < -0.3 is 9.80 Å². The Balaban J connectivity index is 1.33. The number of rotatable bonds is 4. The van der Waals surface area contributed by atoms with Crippen molar-refractivity contribution in [3.8, 4) is 6.07 Å². The molecule has 1 aromatic rings. The van der Waals surface area contributed by atoms with Gasteiger partial charge in [0.15, 0.2) is 0 Å². The van der Waals surface area contributed by atoms with E-state index in [1.807, 2.05) is 0 Å². The molecule has 1 aromatic carbocycles. The molecule has 2 amide bonds. The Hall–Kier alpha value is -2.35. The second kappa shape index (κ2) is 8.34. The number of fused-ring (bicyclic) bond motifs is 1. The third kappa shape index (κ3) is 3.78. The van der Waals surface area contributed by atoms with Crippen molar-refractivity contribution in [3.63, 3.8) is 0 Å². The number of carbonyl (C=O) groups excluding carboxylic acids is 2. The summed E-state index contributed by atoms with van der Waals surface area (Å²) in [5.74, 6) is 0.654. The minimum absolute atomic E-state index is 0.0125. The number of amides is 2. The Labute approximate surface area is 167 Å². The molecule has 0 radical (unpaired) electrons. The summed E-state index contributed by atoms with van der Waals surface area (Å²) in [5, 5.41) is 9.28. The van der Waals surface area contributed by atoms with Crippen LogP contribution in [-0.4, -0.2) is 46.8 Å². The predicted octanol–water partition coefficient (Wildman–Crippen LogP) is 3.08. The van der Waals surface area contributed by atoms with Gasteiger partial charge in [0, 0.05) is 19.5 Å². The van der Waals surface area contributed by atoms with E-state index in [2.05, 4.69) is 30.3 Å². The molecular formula is C23H29N3O2. The fraction of sp³-hybridized carbons (Fsp3) is 0.609. The smallest absolute Gasteiger partial charge is 0.246 e. The maximum Gasteiger partial charge on any atom is 0.246 e. The Morgan fingerprint density at radius 3 is 2.61 bits per heavy atom. The Morgan fingerprint density at radius 1 is 1.04 bits per heavy atom. The summed E-state index contributed by atoms with van der Waals surface area (Å²) in [6, 6.07) is 10.2. The van der Waals surface area contributed by atoms with Gasteiger partial charge in [-0.2, -0.15) is 5.26 Å². The van der Waals surface area contributed by atoms with Gasteiger partial charge in [0.1, 0.15) is 12.1 Å². The van der Waals surface area contributed by atoms with Crippen molar-refractivity contribution in [2.24, 2.45) is 5.92 Å². The summed E-state index contributed by atoms with van der Waals surface area (Å²) in [6.07, 6.45) is 7.98. The molecule has 5 nitrogen and oxygen atoms in total. The first kappa shape index (κ1) is 19.0. The van der Waals surface area contributed by atoms with Gasteiger partial charge in [0.05, 0.1) is 6.07 Å². The van der Waals surface area contributed by atoms with Crippen LogP contribution >= 0.6 is 0 Å². The molecule has 3 aliphatic rings. The van der Waals surface area contributed by atoms with Gasteiger partial charge in [-0.1, -0.05) is 24.3 Å². The van der Waals surface area contributed by atoms with E-state index < -0.39 is 0 Å². The highest BCUT2D eigenvalue weighted by molar-refractivity contribution is 5.88. The summed E-state index contributed by atoms with van der Waals surface area (Å²) in [4.78, 5) is 29.4. The van der Waals surface area contributed by atoms with E-state index in [1.54, 1.807) is 9.80 Å². The normalized spacial score (nSPS) is 26.8. The van der Waals surface area contributed by atoms with Gasteiger partial charge in [0.25, 0.3) is 0 Å². The molecule has 0 N–H and O–H groups in total. The zero-order chi connectivity index (χ0) is 19.5. The van der Waals surface area contributed by atoms with Gasteiger partial charge in [-0.25, -0.2) is 0 Å². The number of hydrogen-bond acceptors (Lipinski definition) is 3. The molecule has 2 heterocycles. The lowest BCUT2D eigenvalue weighted by Crippen LogP contribution is -2.49. The van der Waals surface area contributed by atoms with Gasteiger partial charge >= 0.3 is 0 Å². The topological polar surface area (TPSA) is 64.4 Å². The number of likely N-dealkylation sites (tertiary alicyclic amines) is 2. The maximum absolute atomic E-state index is 13.0. The third-order valence-corrected chi connectivity index (χ3v) is 6.76. The van der Waals surface area contributed by atoms with Crippen molar-refractivity contribution in [3.05, 3.63) is 35.4 Å². The van der Waals surface area contributed by atoms with Crippen molar-refractivity contribution in [1.29, 1.82) is 5.26 Å². The summed E-state index contributed by atoms with van der Waals surface area (Å²) in [5.41, 5.74) is 2.88. The Morgan fingerprint density at radius 2 is 1.79 bits per heavy atom. The minimum atomic E-state index is -0.353. The van der Waals surface area contributed by atoms with Gasteiger partial charge in [-0.15, -0.1) is 0 Å². The van der Waals surface area contributed by atoms with Crippen LogP contribution in [0.2, 0.25) is 0 Å². The van der Waals surface area contributed by atoms with Crippen LogP contribution in [0.4, 0.5) is 0 Å². The van der Waals surface area contributed by atoms with E-state index in [4.69, 9.17) is 0 Å². The average molecular weight is 380 g/mol. The lowest BCUT2D eigenvalue weighted by molar-refractivity contribution is -0.144. The number of hydrogen-bond donors (Lipinski definition) is 0. The van der Waals surface area contributed by atoms with Crippen LogP contribution in [0.15, 0.2) is 24.3 Å². The minimum Gasteiger partial charge on any atom is -0.331 e. The molecule has 148 valence electrons. The zero-order valence-electron chi connectivity index (χ0n) is 16.5. The van der Waals surface area contributed by atoms with Crippen LogP contribution in [0.25, 0.3) is 0 Å². The molecule has 2 aliphatic heterocycles. The van der Waals surface area contributed by atoms with Gasteiger partial charge in [0.2, 0.25) is 11.8 Å². The SMILES string of the molecule is N#C[C@@H]1CCCN1C(=O)[C@H]1CCCN1C(=O)CC[C@H]1CCc2ccccc2C1. The van der Waals surface area contributed by atoms with Crippen LogP contribution < -0.4 is 0 Å². The standard InChI is InChI=1S/C23H29N3O2/c24-16-20-7-3-13-25(20)23(28)21-8-4-14-26(21)22(27)12-10-17-9-11-18-5-1-2-6-19(18)15-17/h1-2,5-6,17,20-21H,3-4,7-15H2/t17-,20+,21-/m1/s1. The molecule has 4 rings (SSSR count). The second-order valence-electron chi connectivity index (χ2n) is 8.48. The molecule has 1 aliphatic carbocycles. The van der Waals surface area contributed by atoms with E-state index in [0.717, 1.165) is 51.4 Å². The molecule has 0 aromatic heterocycles. The van der Waals surface area contributed by atoms with Crippen LogP contribution in [0, 0.1) is 17.2 Å². The lowest BCUT2D eigenvalue weighted by Gasteiger charge is -2.30. The van der Waals surface area contributed by atoms with Crippen molar-refractivity contribution in [2.75, 3.05) is 13.1 Å². The highest BCUT2D eigenvalue weighted by atomic mass is 16.2. The predicted molar refractivity (Wildman–Crippen MR) is 106 cm³/mol. The summed E-state index contributed by atoms with van der Waals surface area (Å²) in [7, 11) is 0. The highest BCUT2D eigenvalue weighted by Crippen LogP contribution is 2.30. The summed E-state index contributed by atoms with van der Waals surface area (Å²) in [6.45, 7) is 1.32. The third-order valence-electron chi connectivity index (χ3n) is 6.76. The van der Waals surface area contributed by atoms with Crippen LogP contribution in [-0.2, 0) is 22.4 Å². The van der Waals surface area contributed by atoms with Crippen molar-refractivity contribution in [2.45, 2.75) is 69.9 Å². The number of benzene rings is 1. The molecule has 0 saturated carbocycles. The number of carbonyl (C=O) groups is 2. The molecule has 0 bridgehead atoms. The summed E-state index contributed by atoms with van der Waals surface area (Å²) >= 11 is 0. The molecule has 2 fully saturated rings. The first-order chi connectivity index (χ1) is 13.7. The van der Waals surface area contributed by atoms with Crippen molar-refractivity contribution in [1.82, 2.24) is 9.80 Å². The van der Waals surface area contributed by atoms with Crippen LogP contribution in [0.1, 0.15) is 56.1 Å².